The van der Waals surface area contributed by atoms with Gasteiger partial charge in [0.05, 0.1) is 6.61 Å². The van der Waals surface area contributed by atoms with Crippen LogP contribution in [0.3, 0.4) is 0 Å². The van der Waals surface area contributed by atoms with Gasteiger partial charge in [-0.2, -0.15) is 0 Å². The van der Waals surface area contributed by atoms with Gasteiger partial charge in [0.25, 0.3) is 0 Å². The maximum atomic E-state index is 12.2. The highest BCUT2D eigenvalue weighted by molar-refractivity contribution is 5.86. The van der Waals surface area contributed by atoms with E-state index in [0.717, 1.165) is 25.0 Å². The summed E-state index contributed by atoms with van der Waals surface area (Å²) in [6.45, 7) is 3.35. The van der Waals surface area contributed by atoms with E-state index in [4.69, 9.17) is 4.74 Å². The summed E-state index contributed by atoms with van der Waals surface area (Å²) in [5.74, 6) is 1.06. The summed E-state index contributed by atoms with van der Waals surface area (Å²) in [6.07, 6.45) is 3.09. The van der Waals surface area contributed by atoms with Gasteiger partial charge in [0.15, 0.2) is 0 Å². The van der Waals surface area contributed by atoms with Gasteiger partial charge in [-0.1, -0.05) is 60.7 Å². The summed E-state index contributed by atoms with van der Waals surface area (Å²) in [4.78, 5) is 12.2. The monoisotopic (exact) mass is 361 g/mol. The quantitative estimate of drug-likeness (QED) is 0.549. The van der Waals surface area contributed by atoms with E-state index in [1.807, 2.05) is 37.3 Å². The molecule has 0 heterocycles. The fraction of sp³-hybridized carbons (Fsp3) is 0.292. The standard InChI is InChI=1S/C24H27NO2/c1-2-27-23-15-6-4-10-21(23)13-8-18-25-24(26)17-16-20-12-7-11-19-9-3-5-14-22(19)20/h3-7,9-12,14-15H,2,8,13,16-18H2,1H3,(H,25,26). The first-order valence-electron chi connectivity index (χ1n) is 9.72. The second-order valence-electron chi connectivity index (χ2n) is 6.63. The zero-order chi connectivity index (χ0) is 18.9. The van der Waals surface area contributed by atoms with E-state index in [1.54, 1.807) is 0 Å². The number of aryl methyl sites for hydroxylation is 2. The molecular formula is C24H27NO2. The van der Waals surface area contributed by atoms with E-state index in [2.05, 4.69) is 41.7 Å². The lowest BCUT2D eigenvalue weighted by Crippen LogP contribution is -2.25. The Labute approximate surface area is 161 Å². The summed E-state index contributed by atoms with van der Waals surface area (Å²) >= 11 is 0. The van der Waals surface area contributed by atoms with Crippen molar-refractivity contribution in [2.24, 2.45) is 0 Å². The molecule has 0 radical (unpaired) electrons. The molecule has 27 heavy (non-hydrogen) atoms. The van der Waals surface area contributed by atoms with Crippen LogP contribution in [0.15, 0.2) is 66.7 Å². The summed E-state index contributed by atoms with van der Waals surface area (Å²) in [5.41, 5.74) is 2.43. The van der Waals surface area contributed by atoms with Gasteiger partial charge in [-0.3, -0.25) is 4.79 Å². The fourth-order valence-electron chi connectivity index (χ4n) is 3.36. The molecule has 0 saturated heterocycles. The third-order valence-corrected chi connectivity index (χ3v) is 4.72. The van der Waals surface area contributed by atoms with E-state index in [0.29, 0.717) is 19.6 Å². The van der Waals surface area contributed by atoms with E-state index in [9.17, 15) is 4.79 Å². The molecule has 140 valence electrons. The Kier molecular flexibility index (Phi) is 6.86. The van der Waals surface area contributed by atoms with Crippen molar-refractivity contribution in [2.45, 2.75) is 32.6 Å². The summed E-state index contributed by atoms with van der Waals surface area (Å²) in [7, 11) is 0. The van der Waals surface area contributed by atoms with Crippen molar-refractivity contribution in [3.05, 3.63) is 77.9 Å². The van der Waals surface area contributed by atoms with E-state index < -0.39 is 0 Å². The lowest BCUT2D eigenvalue weighted by atomic mass is 10.0. The maximum absolute atomic E-state index is 12.2. The highest BCUT2D eigenvalue weighted by Gasteiger charge is 2.06. The van der Waals surface area contributed by atoms with Crippen LogP contribution in [0.1, 0.15) is 30.9 Å². The van der Waals surface area contributed by atoms with Gasteiger partial charge in [0.1, 0.15) is 5.75 Å². The second kappa shape index (κ2) is 9.77. The van der Waals surface area contributed by atoms with E-state index in [1.165, 1.54) is 21.9 Å². The number of nitrogens with one attached hydrogen (secondary N) is 1. The molecule has 0 atom stereocenters. The average Bonchev–Trinajstić information content (AvgIpc) is 2.71. The van der Waals surface area contributed by atoms with Crippen LogP contribution in [-0.4, -0.2) is 19.1 Å². The summed E-state index contributed by atoms with van der Waals surface area (Å²) in [5, 5.41) is 5.50. The molecule has 0 fully saturated rings. The number of hydrogen-bond donors (Lipinski definition) is 1. The first kappa shape index (κ1) is 19.0. The molecule has 0 unspecified atom stereocenters. The molecule has 3 heteroatoms. The van der Waals surface area contributed by atoms with Crippen molar-refractivity contribution in [3.63, 3.8) is 0 Å². The van der Waals surface area contributed by atoms with Gasteiger partial charge in [-0.05, 0) is 54.2 Å². The van der Waals surface area contributed by atoms with Gasteiger partial charge in [0.2, 0.25) is 5.91 Å². The van der Waals surface area contributed by atoms with Crippen LogP contribution in [0, 0.1) is 0 Å². The number of carbonyl (C=O) groups is 1. The molecule has 1 N–H and O–H groups in total. The van der Waals surface area contributed by atoms with Crippen molar-refractivity contribution in [3.8, 4) is 5.75 Å². The Morgan fingerprint density at radius 2 is 1.63 bits per heavy atom. The van der Waals surface area contributed by atoms with Gasteiger partial charge in [0, 0.05) is 13.0 Å². The molecule has 0 aliphatic heterocycles. The number of ether oxygens (including phenoxy) is 1. The van der Waals surface area contributed by atoms with Crippen molar-refractivity contribution < 1.29 is 9.53 Å². The van der Waals surface area contributed by atoms with Gasteiger partial charge >= 0.3 is 0 Å². The first-order chi connectivity index (χ1) is 13.3. The van der Waals surface area contributed by atoms with Crippen LogP contribution in [0.5, 0.6) is 5.75 Å². The number of fused-ring (bicyclic) bond motifs is 1. The molecule has 0 aliphatic rings. The Balaban J connectivity index is 1.44. The molecule has 0 saturated carbocycles. The molecule has 3 aromatic carbocycles. The average molecular weight is 361 g/mol. The first-order valence-corrected chi connectivity index (χ1v) is 9.72. The molecular weight excluding hydrogens is 334 g/mol. The predicted molar refractivity (Wildman–Crippen MR) is 111 cm³/mol. The number of rotatable bonds is 9. The van der Waals surface area contributed by atoms with Crippen molar-refractivity contribution in [1.82, 2.24) is 5.32 Å². The van der Waals surface area contributed by atoms with Crippen LogP contribution in [0.25, 0.3) is 10.8 Å². The van der Waals surface area contributed by atoms with Crippen molar-refractivity contribution >= 4 is 16.7 Å². The summed E-state index contributed by atoms with van der Waals surface area (Å²) in [6, 6.07) is 22.7. The third-order valence-electron chi connectivity index (χ3n) is 4.72. The number of hydrogen-bond acceptors (Lipinski definition) is 2. The zero-order valence-electron chi connectivity index (χ0n) is 15.9. The Morgan fingerprint density at radius 3 is 2.52 bits per heavy atom. The van der Waals surface area contributed by atoms with Crippen LogP contribution >= 0.6 is 0 Å². The van der Waals surface area contributed by atoms with Gasteiger partial charge in [-0.25, -0.2) is 0 Å². The highest BCUT2D eigenvalue weighted by Crippen LogP contribution is 2.20. The molecule has 1 amide bonds. The fourth-order valence-corrected chi connectivity index (χ4v) is 3.36. The minimum Gasteiger partial charge on any atom is -0.494 e. The van der Waals surface area contributed by atoms with Crippen LogP contribution in [-0.2, 0) is 17.6 Å². The van der Waals surface area contributed by atoms with Crippen LogP contribution < -0.4 is 10.1 Å². The molecule has 0 spiro atoms. The highest BCUT2D eigenvalue weighted by atomic mass is 16.5. The maximum Gasteiger partial charge on any atom is 0.220 e. The smallest absolute Gasteiger partial charge is 0.220 e. The van der Waals surface area contributed by atoms with Gasteiger partial charge < -0.3 is 10.1 Å². The number of amides is 1. The Hall–Kier alpha value is -2.81. The molecule has 3 nitrogen and oxygen atoms in total. The van der Waals surface area contributed by atoms with E-state index >= 15 is 0 Å². The molecule has 0 aliphatic carbocycles. The summed E-state index contributed by atoms with van der Waals surface area (Å²) < 4.78 is 5.65. The third kappa shape index (κ3) is 5.33. The largest absolute Gasteiger partial charge is 0.494 e. The molecule has 0 aromatic heterocycles. The van der Waals surface area contributed by atoms with Crippen molar-refractivity contribution in [2.75, 3.05) is 13.2 Å². The number of benzene rings is 3. The number of carbonyl (C=O) groups excluding carboxylic acids is 1. The van der Waals surface area contributed by atoms with Crippen molar-refractivity contribution in [1.29, 1.82) is 0 Å². The van der Waals surface area contributed by atoms with E-state index in [-0.39, 0.29) is 5.91 Å². The van der Waals surface area contributed by atoms with Crippen LogP contribution in [0.4, 0.5) is 0 Å². The minimum atomic E-state index is 0.112. The lowest BCUT2D eigenvalue weighted by molar-refractivity contribution is -0.121. The van der Waals surface area contributed by atoms with Crippen LogP contribution in [0.2, 0.25) is 0 Å². The Morgan fingerprint density at radius 1 is 0.889 bits per heavy atom. The molecule has 3 aromatic rings. The normalized spacial score (nSPS) is 10.7. The molecule has 3 rings (SSSR count). The number of para-hydroxylation sites is 1. The second-order valence-corrected chi connectivity index (χ2v) is 6.63. The SMILES string of the molecule is CCOc1ccccc1CCCNC(=O)CCc1cccc2ccccc12. The topological polar surface area (TPSA) is 38.3 Å². The minimum absolute atomic E-state index is 0.112. The molecule has 0 bridgehead atoms. The Bertz CT molecular complexity index is 883. The zero-order valence-corrected chi connectivity index (χ0v) is 15.9. The lowest BCUT2D eigenvalue weighted by Gasteiger charge is -2.10. The van der Waals surface area contributed by atoms with Gasteiger partial charge in [-0.15, -0.1) is 0 Å². The predicted octanol–water partition coefficient (Wildman–Crippen LogP) is 4.92.